The molecule has 0 amide bonds. The van der Waals surface area contributed by atoms with Crippen LogP contribution in [0.25, 0.3) is 0 Å². The smallest absolute Gasteiger partial charge is 0.169 e. The van der Waals surface area contributed by atoms with Gasteiger partial charge < -0.3 is 0 Å². The van der Waals surface area contributed by atoms with E-state index in [9.17, 15) is 4.79 Å². The fraction of sp³-hybridized carbons (Fsp3) is 0.500. The quantitative estimate of drug-likeness (QED) is 0.658. The van der Waals surface area contributed by atoms with Crippen LogP contribution in [0.1, 0.15) is 26.7 Å². The highest BCUT2D eigenvalue weighted by Gasteiger charge is 2.38. The van der Waals surface area contributed by atoms with Crippen LogP contribution in [-0.2, 0) is 4.79 Å². The van der Waals surface area contributed by atoms with Crippen LogP contribution in [0, 0.1) is 5.41 Å². The molecular formula is C10H12Cl2O. The van der Waals surface area contributed by atoms with Crippen molar-refractivity contribution in [1.29, 1.82) is 0 Å². The average molecular weight is 219 g/mol. The monoisotopic (exact) mass is 218 g/mol. The second-order valence-corrected chi connectivity index (χ2v) is 4.17. The van der Waals surface area contributed by atoms with Crippen LogP contribution in [0.5, 0.6) is 0 Å². The minimum absolute atomic E-state index is 0.0839. The van der Waals surface area contributed by atoms with E-state index >= 15 is 0 Å². The molecule has 1 nitrogen and oxygen atoms in total. The number of hydrogen-bond donors (Lipinski definition) is 0. The van der Waals surface area contributed by atoms with E-state index in [1.165, 1.54) is 5.54 Å². The van der Waals surface area contributed by atoms with E-state index in [2.05, 4.69) is 0 Å². The lowest BCUT2D eigenvalue weighted by atomic mass is 9.75. The molecular weight excluding hydrogens is 207 g/mol. The van der Waals surface area contributed by atoms with Crippen molar-refractivity contribution in [2.45, 2.75) is 26.7 Å². The molecule has 0 saturated carbocycles. The first-order valence-electron chi connectivity index (χ1n) is 4.20. The van der Waals surface area contributed by atoms with Gasteiger partial charge in [-0.2, -0.15) is 0 Å². The minimum Gasteiger partial charge on any atom is -0.294 e. The van der Waals surface area contributed by atoms with Crippen LogP contribution in [-0.4, -0.2) is 5.78 Å². The summed E-state index contributed by atoms with van der Waals surface area (Å²) >= 11 is 11.4. The molecule has 1 atom stereocenters. The maximum absolute atomic E-state index is 11.8. The summed E-state index contributed by atoms with van der Waals surface area (Å²) in [5.41, 5.74) is 1.48. The van der Waals surface area contributed by atoms with Crippen molar-refractivity contribution in [3.05, 3.63) is 22.2 Å². The molecule has 0 spiro atoms. The molecule has 0 aromatic rings. The van der Waals surface area contributed by atoms with Gasteiger partial charge >= 0.3 is 0 Å². The van der Waals surface area contributed by atoms with Crippen molar-refractivity contribution in [3.8, 4) is 0 Å². The van der Waals surface area contributed by atoms with E-state index in [1.54, 1.807) is 0 Å². The number of hydrogen-bond acceptors (Lipinski definition) is 1. The Kier molecular flexibility index (Phi) is 3.20. The second-order valence-electron chi connectivity index (χ2n) is 3.54. The van der Waals surface area contributed by atoms with Gasteiger partial charge in [0, 0.05) is 10.6 Å². The maximum atomic E-state index is 11.8. The van der Waals surface area contributed by atoms with Crippen molar-refractivity contribution in [2.24, 2.45) is 5.41 Å². The Balaban J connectivity index is 3.06. The van der Waals surface area contributed by atoms with E-state index in [0.717, 1.165) is 18.4 Å². The summed E-state index contributed by atoms with van der Waals surface area (Å²) in [4.78, 5) is 11.8. The first-order chi connectivity index (χ1) is 6.02. The number of rotatable bonds is 1. The fourth-order valence-corrected chi connectivity index (χ4v) is 1.99. The molecule has 3 heteroatoms. The van der Waals surface area contributed by atoms with Crippen LogP contribution < -0.4 is 0 Å². The molecule has 1 unspecified atom stereocenters. The molecule has 0 bridgehead atoms. The summed E-state index contributed by atoms with van der Waals surface area (Å²) in [6, 6.07) is 0. The van der Waals surface area contributed by atoms with E-state index < -0.39 is 5.41 Å². The molecule has 0 aromatic heterocycles. The third-order valence-electron chi connectivity index (χ3n) is 2.58. The third kappa shape index (κ3) is 1.82. The SMILES string of the molecule is CC1=CCCC(C)(/C(Cl)=C\Cl)C1=O. The summed E-state index contributed by atoms with van der Waals surface area (Å²) in [6.45, 7) is 3.66. The summed E-state index contributed by atoms with van der Waals surface area (Å²) in [7, 11) is 0. The molecule has 0 aromatic carbocycles. The third-order valence-corrected chi connectivity index (χ3v) is 3.43. The average Bonchev–Trinajstić information content (AvgIpc) is 2.13. The Hall–Kier alpha value is -0.270. The highest BCUT2D eigenvalue weighted by atomic mass is 35.5. The zero-order valence-corrected chi connectivity index (χ0v) is 9.24. The summed E-state index contributed by atoms with van der Waals surface area (Å²) in [6.07, 6.45) is 3.57. The van der Waals surface area contributed by atoms with Gasteiger partial charge in [-0.05, 0) is 32.3 Å². The summed E-state index contributed by atoms with van der Waals surface area (Å²) < 4.78 is 0. The molecule has 0 aliphatic heterocycles. The van der Waals surface area contributed by atoms with Gasteiger partial charge in [-0.3, -0.25) is 4.79 Å². The Morgan fingerprint density at radius 1 is 1.69 bits per heavy atom. The van der Waals surface area contributed by atoms with Crippen molar-refractivity contribution in [3.63, 3.8) is 0 Å². The molecule has 13 heavy (non-hydrogen) atoms. The number of allylic oxidation sites excluding steroid dienone is 3. The van der Waals surface area contributed by atoms with Crippen molar-refractivity contribution in [2.75, 3.05) is 0 Å². The van der Waals surface area contributed by atoms with Crippen LogP contribution in [0.15, 0.2) is 22.2 Å². The van der Waals surface area contributed by atoms with Crippen LogP contribution in [0.3, 0.4) is 0 Å². The Morgan fingerprint density at radius 3 is 2.85 bits per heavy atom. The number of Topliss-reactive ketones (excluding diaryl/α,β-unsaturated/α-hetero) is 1. The zero-order valence-electron chi connectivity index (χ0n) is 7.73. The van der Waals surface area contributed by atoms with Gasteiger partial charge in [0.1, 0.15) is 0 Å². The lowest BCUT2D eigenvalue weighted by Gasteiger charge is -2.30. The molecule has 0 fully saturated rings. The Bertz CT molecular complexity index is 291. The molecule has 1 aliphatic rings. The zero-order chi connectivity index (χ0) is 10.1. The molecule has 0 heterocycles. The molecule has 1 rings (SSSR count). The van der Waals surface area contributed by atoms with E-state index in [4.69, 9.17) is 23.2 Å². The fourth-order valence-electron chi connectivity index (χ4n) is 1.57. The van der Waals surface area contributed by atoms with Gasteiger partial charge in [-0.25, -0.2) is 0 Å². The van der Waals surface area contributed by atoms with Gasteiger partial charge in [0.05, 0.1) is 5.41 Å². The summed E-state index contributed by atoms with van der Waals surface area (Å²) in [5, 5.41) is 0.437. The summed E-state index contributed by atoms with van der Waals surface area (Å²) in [5.74, 6) is 0.0839. The van der Waals surface area contributed by atoms with Crippen molar-refractivity contribution in [1.82, 2.24) is 0 Å². The Labute approximate surface area is 88.4 Å². The van der Waals surface area contributed by atoms with Gasteiger partial charge in [-0.15, -0.1) is 0 Å². The molecule has 72 valence electrons. The molecule has 1 aliphatic carbocycles. The highest BCUT2D eigenvalue weighted by molar-refractivity contribution is 6.38. The van der Waals surface area contributed by atoms with Gasteiger partial charge in [-0.1, -0.05) is 29.3 Å². The minimum atomic E-state index is -0.595. The van der Waals surface area contributed by atoms with E-state index in [0.29, 0.717) is 5.03 Å². The first kappa shape index (κ1) is 10.8. The number of carbonyl (C=O) groups is 1. The normalized spacial score (nSPS) is 30.3. The number of carbonyl (C=O) groups excluding carboxylic acids is 1. The molecule has 0 radical (unpaired) electrons. The van der Waals surface area contributed by atoms with Crippen LogP contribution >= 0.6 is 23.2 Å². The number of ketones is 1. The lowest BCUT2D eigenvalue weighted by molar-refractivity contribution is -0.122. The van der Waals surface area contributed by atoms with Crippen LogP contribution in [0.2, 0.25) is 0 Å². The standard InChI is InChI=1S/C10H12Cl2O/c1-7-4-3-5-10(2,9(7)13)8(12)6-11/h4,6H,3,5H2,1-2H3/b8-6+. The van der Waals surface area contributed by atoms with Crippen molar-refractivity contribution >= 4 is 29.0 Å². The topological polar surface area (TPSA) is 17.1 Å². The largest absolute Gasteiger partial charge is 0.294 e. The van der Waals surface area contributed by atoms with Crippen LogP contribution in [0.4, 0.5) is 0 Å². The predicted octanol–water partition coefficient (Wildman–Crippen LogP) is 3.62. The Morgan fingerprint density at radius 2 is 2.31 bits per heavy atom. The van der Waals surface area contributed by atoms with Gasteiger partial charge in [0.15, 0.2) is 5.78 Å². The lowest BCUT2D eigenvalue weighted by Crippen LogP contribution is -2.31. The highest BCUT2D eigenvalue weighted by Crippen LogP contribution is 2.41. The first-order valence-corrected chi connectivity index (χ1v) is 5.01. The maximum Gasteiger partial charge on any atom is 0.169 e. The van der Waals surface area contributed by atoms with Crippen molar-refractivity contribution < 1.29 is 4.79 Å². The second kappa shape index (κ2) is 3.85. The van der Waals surface area contributed by atoms with E-state index in [1.807, 2.05) is 19.9 Å². The van der Waals surface area contributed by atoms with Gasteiger partial charge in [0.25, 0.3) is 0 Å². The number of halogens is 2. The predicted molar refractivity (Wildman–Crippen MR) is 55.9 cm³/mol. The van der Waals surface area contributed by atoms with Gasteiger partial charge in [0.2, 0.25) is 0 Å². The molecule has 0 N–H and O–H groups in total. The molecule has 0 saturated heterocycles. The van der Waals surface area contributed by atoms with E-state index in [-0.39, 0.29) is 5.78 Å².